The normalized spacial score (nSPS) is 11.8. The summed E-state index contributed by atoms with van der Waals surface area (Å²) in [5, 5.41) is 2.68. The molecule has 0 saturated heterocycles. The Balaban J connectivity index is 1.40. The number of aryl methyl sites for hydroxylation is 1. The molecule has 31 heavy (non-hydrogen) atoms. The molecule has 7 heteroatoms. The molecule has 0 fully saturated rings. The van der Waals surface area contributed by atoms with Crippen molar-refractivity contribution in [2.24, 2.45) is 5.73 Å². The van der Waals surface area contributed by atoms with E-state index in [4.69, 9.17) is 10.5 Å². The van der Waals surface area contributed by atoms with Crippen molar-refractivity contribution in [3.63, 3.8) is 0 Å². The van der Waals surface area contributed by atoms with Crippen LogP contribution in [0.25, 0.3) is 5.65 Å². The quantitative estimate of drug-likeness (QED) is 0.485. The number of nitrogens with two attached hydrogens (primary N) is 1. The minimum Gasteiger partial charge on any atom is -0.487 e. The summed E-state index contributed by atoms with van der Waals surface area (Å²) in [5.74, 6) is -0.405. The summed E-state index contributed by atoms with van der Waals surface area (Å²) in [7, 11) is 0. The average Bonchev–Trinajstić information content (AvgIpc) is 3.21. The van der Waals surface area contributed by atoms with Crippen molar-refractivity contribution in [1.82, 2.24) is 14.7 Å². The number of carbonyl (C=O) groups excluding carboxylic acids is 2. The highest BCUT2D eigenvalue weighted by Crippen LogP contribution is 2.17. The maximum Gasteiger partial charge on any atom is 0.252 e. The number of benzene rings is 2. The summed E-state index contributed by atoms with van der Waals surface area (Å²) in [5.41, 5.74) is 9.30. The first kappa shape index (κ1) is 20.2. The minimum absolute atomic E-state index is 0.310. The van der Waals surface area contributed by atoms with Gasteiger partial charge in [0.15, 0.2) is 0 Å². The van der Waals surface area contributed by atoms with Gasteiger partial charge in [-0.3, -0.25) is 9.59 Å². The summed E-state index contributed by atoms with van der Waals surface area (Å²) >= 11 is 0. The fourth-order valence-corrected chi connectivity index (χ4v) is 3.31. The number of rotatable bonds is 7. The Kier molecular flexibility index (Phi) is 5.66. The number of nitrogens with one attached hydrogen (secondary N) is 1. The molecule has 1 unspecified atom stereocenters. The molecule has 2 amide bonds. The summed E-state index contributed by atoms with van der Waals surface area (Å²) in [6, 6.07) is 18.7. The van der Waals surface area contributed by atoms with Gasteiger partial charge in [-0.25, -0.2) is 4.98 Å². The Bertz CT molecular complexity index is 1220. The van der Waals surface area contributed by atoms with Crippen molar-refractivity contribution in [2.45, 2.75) is 19.6 Å². The van der Waals surface area contributed by atoms with Gasteiger partial charge in [0.1, 0.15) is 24.0 Å². The Morgan fingerprint density at radius 2 is 1.81 bits per heavy atom. The second-order valence-corrected chi connectivity index (χ2v) is 7.19. The van der Waals surface area contributed by atoms with Gasteiger partial charge in [0, 0.05) is 18.0 Å². The third kappa shape index (κ3) is 4.56. The molecule has 2 aromatic heterocycles. The highest BCUT2D eigenvalue weighted by atomic mass is 16.5. The maximum absolute atomic E-state index is 12.6. The van der Waals surface area contributed by atoms with Gasteiger partial charge in [0.25, 0.3) is 5.91 Å². The van der Waals surface area contributed by atoms with Crippen molar-refractivity contribution >= 4 is 17.5 Å². The number of imidazole rings is 1. The van der Waals surface area contributed by atoms with E-state index in [1.54, 1.807) is 48.5 Å². The molecule has 4 aromatic rings. The van der Waals surface area contributed by atoms with E-state index in [9.17, 15) is 9.59 Å². The van der Waals surface area contributed by atoms with E-state index in [1.807, 2.05) is 41.9 Å². The van der Waals surface area contributed by atoms with E-state index in [1.165, 1.54) is 0 Å². The number of pyridine rings is 1. The van der Waals surface area contributed by atoms with Gasteiger partial charge in [0.2, 0.25) is 5.91 Å². The fourth-order valence-electron chi connectivity index (χ4n) is 3.31. The number of nitrogens with zero attached hydrogens (tertiary/aromatic N) is 2. The molecule has 0 aliphatic heterocycles. The predicted molar refractivity (Wildman–Crippen MR) is 117 cm³/mol. The van der Waals surface area contributed by atoms with Crippen molar-refractivity contribution in [1.29, 1.82) is 0 Å². The maximum atomic E-state index is 12.6. The third-order valence-electron chi connectivity index (χ3n) is 4.92. The van der Waals surface area contributed by atoms with Crippen LogP contribution in [-0.2, 0) is 11.4 Å². The van der Waals surface area contributed by atoms with E-state index < -0.39 is 17.9 Å². The Morgan fingerprint density at radius 3 is 2.48 bits per heavy atom. The van der Waals surface area contributed by atoms with Crippen molar-refractivity contribution in [2.75, 3.05) is 0 Å². The summed E-state index contributed by atoms with van der Waals surface area (Å²) < 4.78 is 7.76. The number of hydrogen-bond acceptors (Lipinski definition) is 4. The summed E-state index contributed by atoms with van der Waals surface area (Å²) in [6.45, 7) is 2.32. The number of primary amides is 1. The Hall–Kier alpha value is -4.13. The van der Waals surface area contributed by atoms with E-state index in [0.29, 0.717) is 23.5 Å². The molecule has 3 N–H and O–H groups in total. The van der Waals surface area contributed by atoms with Crippen molar-refractivity contribution in [3.05, 3.63) is 102 Å². The van der Waals surface area contributed by atoms with Crippen LogP contribution in [0, 0.1) is 6.92 Å². The number of carbonyl (C=O) groups is 2. The molecular formula is C24H22N4O3. The van der Waals surface area contributed by atoms with Gasteiger partial charge < -0.3 is 20.2 Å². The van der Waals surface area contributed by atoms with Crippen LogP contribution in [0.4, 0.5) is 0 Å². The first-order chi connectivity index (χ1) is 15.0. The van der Waals surface area contributed by atoms with Gasteiger partial charge in [-0.1, -0.05) is 36.4 Å². The van der Waals surface area contributed by atoms with Crippen LogP contribution in [0.3, 0.4) is 0 Å². The molecular weight excluding hydrogens is 392 g/mol. The lowest BCUT2D eigenvalue weighted by molar-refractivity contribution is -0.120. The lowest BCUT2D eigenvalue weighted by Gasteiger charge is -2.16. The number of aromatic nitrogens is 2. The second kappa shape index (κ2) is 8.71. The number of ether oxygens (including phenoxy) is 1. The van der Waals surface area contributed by atoms with Crippen LogP contribution >= 0.6 is 0 Å². The smallest absolute Gasteiger partial charge is 0.252 e. The topological polar surface area (TPSA) is 98.7 Å². The van der Waals surface area contributed by atoms with Crippen molar-refractivity contribution in [3.8, 4) is 5.75 Å². The lowest BCUT2D eigenvalue weighted by Crippen LogP contribution is -2.37. The molecule has 2 heterocycles. The first-order valence-electron chi connectivity index (χ1n) is 9.82. The molecule has 0 aliphatic rings. The molecule has 7 nitrogen and oxygen atoms in total. The monoisotopic (exact) mass is 414 g/mol. The number of amides is 2. The van der Waals surface area contributed by atoms with Gasteiger partial charge >= 0.3 is 0 Å². The third-order valence-corrected chi connectivity index (χ3v) is 4.92. The molecule has 156 valence electrons. The van der Waals surface area contributed by atoms with E-state index in [2.05, 4.69) is 10.3 Å². The Labute approximate surface area is 179 Å². The van der Waals surface area contributed by atoms with Crippen LogP contribution in [0.15, 0.2) is 79.1 Å². The van der Waals surface area contributed by atoms with Crippen LogP contribution in [0.5, 0.6) is 5.75 Å². The largest absolute Gasteiger partial charge is 0.487 e. The predicted octanol–water partition coefficient (Wildman–Crippen LogP) is 3.18. The summed E-state index contributed by atoms with van der Waals surface area (Å²) in [6.07, 6.45) is 3.87. The molecule has 0 spiro atoms. The second-order valence-electron chi connectivity index (χ2n) is 7.19. The van der Waals surface area contributed by atoms with Gasteiger partial charge in [0.05, 0.1) is 5.69 Å². The first-order valence-corrected chi connectivity index (χ1v) is 9.82. The lowest BCUT2D eigenvalue weighted by atomic mass is 10.1. The fraction of sp³-hybridized carbons (Fsp3) is 0.125. The highest BCUT2D eigenvalue weighted by Gasteiger charge is 2.20. The molecule has 2 aromatic carbocycles. The van der Waals surface area contributed by atoms with Crippen LogP contribution in [0.1, 0.15) is 33.2 Å². The van der Waals surface area contributed by atoms with Crippen LogP contribution < -0.4 is 15.8 Å². The molecule has 0 aliphatic carbocycles. The van der Waals surface area contributed by atoms with E-state index >= 15 is 0 Å². The minimum atomic E-state index is -0.900. The van der Waals surface area contributed by atoms with E-state index in [0.717, 1.165) is 16.9 Å². The molecule has 4 rings (SSSR count). The van der Waals surface area contributed by atoms with Crippen LogP contribution in [0.2, 0.25) is 0 Å². The zero-order valence-electron chi connectivity index (χ0n) is 17.0. The summed E-state index contributed by atoms with van der Waals surface area (Å²) in [4.78, 5) is 29.0. The molecule has 0 saturated carbocycles. The van der Waals surface area contributed by atoms with E-state index in [-0.39, 0.29) is 0 Å². The van der Waals surface area contributed by atoms with Gasteiger partial charge in [-0.15, -0.1) is 0 Å². The van der Waals surface area contributed by atoms with Gasteiger partial charge in [-0.2, -0.15) is 0 Å². The van der Waals surface area contributed by atoms with Crippen LogP contribution in [-0.4, -0.2) is 21.2 Å². The SMILES string of the molecule is Cc1cccn2cc(COc3ccc(C(=O)NC(C(N)=O)c4ccccc4)cc3)nc12. The van der Waals surface area contributed by atoms with Gasteiger partial charge in [-0.05, 0) is 48.4 Å². The Morgan fingerprint density at radius 1 is 1.06 bits per heavy atom. The van der Waals surface area contributed by atoms with Crippen molar-refractivity contribution < 1.29 is 14.3 Å². The average molecular weight is 414 g/mol. The highest BCUT2D eigenvalue weighted by molar-refractivity contribution is 5.97. The number of fused-ring (bicyclic) bond motifs is 1. The standard InChI is InChI=1S/C24H22N4O3/c1-16-6-5-13-28-14-19(26-23(16)28)15-31-20-11-9-18(10-12-20)24(30)27-21(22(25)29)17-7-3-2-4-8-17/h2-14,21H,15H2,1H3,(H2,25,29)(H,27,30). The zero-order valence-corrected chi connectivity index (χ0v) is 17.0. The zero-order chi connectivity index (χ0) is 21.8. The molecule has 1 atom stereocenters. The molecule has 0 bridgehead atoms. The number of hydrogen-bond donors (Lipinski definition) is 2. The molecule has 0 radical (unpaired) electrons.